The van der Waals surface area contributed by atoms with Crippen molar-refractivity contribution in [1.29, 1.82) is 0 Å². The molecule has 3 rings (SSSR count). The predicted octanol–water partition coefficient (Wildman–Crippen LogP) is 2.62. The highest BCUT2D eigenvalue weighted by Gasteiger charge is 2.03. The molecule has 0 bridgehead atoms. The molecule has 0 atom stereocenters. The molecule has 6 heteroatoms. The van der Waals surface area contributed by atoms with Gasteiger partial charge in [0.05, 0.1) is 0 Å². The minimum atomic E-state index is -0.232. The van der Waals surface area contributed by atoms with Crippen molar-refractivity contribution >= 4 is 5.69 Å². The van der Waals surface area contributed by atoms with Crippen LogP contribution in [0.15, 0.2) is 48.5 Å². The normalized spacial score (nSPS) is 10.4. The molecular formula is C14H12FN5. The first-order valence-electron chi connectivity index (χ1n) is 6.13. The monoisotopic (exact) mass is 269 g/mol. The van der Waals surface area contributed by atoms with E-state index in [2.05, 4.69) is 25.9 Å². The van der Waals surface area contributed by atoms with Crippen LogP contribution >= 0.6 is 0 Å². The van der Waals surface area contributed by atoms with E-state index >= 15 is 0 Å². The van der Waals surface area contributed by atoms with Crippen LogP contribution in [0.3, 0.4) is 0 Å². The molecule has 0 fully saturated rings. The summed E-state index contributed by atoms with van der Waals surface area (Å²) in [6.45, 7) is 0.549. The Morgan fingerprint density at radius 2 is 2.00 bits per heavy atom. The van der Waals surface area contributed by atoms with Crippen molar-refractivity contribution in [2.24, 2.45) is 0 Å². The Morgan fingerprint density at radius 1 is 1.10 bits per heavy atom. The number of tetrazole rings is 1. The molecule has 1 aromatic heterocycles. The van der Waals surface area contributed by atoms with Gasteiger partial charge in [0.15, 0.2) is 0 Å². The van der Waals surface area contributed by atoms with E-state index in [1.54, 1.807) is 6.07 Å². The molecule has 0 saturated heterocycles. The van der Waals surface area contributed by atoms with Crippen molar-refractivity contribution in [1.82, 2.24) is 20.6 Å². The first kappa shape index (κ1) is 12.3. The Kier molecular flexibility index (Phi) is 3.36. The molecule has 2 N–H and O–H groups in total. The summed E-state index contributed by atoms with van der Waals surface area (Å²) >= 11 is 0. The molecule has 0 unspecified atom stereocenters. The molecule has 0 radical (unpaired) electrons. The first-order valence-corrected chi connectivity index (χ1v) is 6.13. The molecule has 3 aromatic rings. The van der Waals surface area contributed by atoms with Crippen molar-refractivity contribution in [3.05, 3.63) is 59.9 Å². The van der Waals surface area contributed by atoms with Gasteiger partial charge in [0.2, 0.25) is 5.82 Å². The second-order valence-corrected chi connectivity index (χ2v) is 4.30. The number of H-pyrrole nitrogens is 1. The van der Waals surface area contributed by atoms with Gasteiger partial charge in [0.1, 0.15) is 5.82 Å². The fraction of sp³-hybridized carbons (Fsp3) is 0.0714. The van der Waals surface area contributed by atoms with Crippen LogP contribution in [0.4, 0.5) is 10.1 Å². The molecule has 0 aliphatic rings. The van der Waals surface area contributed by atoms with Gasteiger partial charge < -0.3 is 5.32 Å². The zero-order valence-corrected chi connectivity index (χ0v) is 10.5. The lowest BCUT2D eigenvalue weighted by Gasteiger charge is -2.07. The summed E-state index contributed by atoms with van der Waals surface area (Å²) < 4.78 is 13.1. The van der Waals surface area contributed by atoms with Gasteiger partial charge in [-0.15, -0.1) is 10.2 Å². The quantitative estimate of drug-likeness (QED) is 0.764. The second-order valence-electron chi connectivity index (χ2n) is 4.30. The van der Waals surface area contributed by atoms with E-state index in [1.807, 2.05) is 30.3 Å². The largest absolute Gasteiger partial charge is 0.381 e. The topological polar surface area (TPSA) is 66.5 Å². The number of hydrogen-bond donors (Lipinski definition) is 2. The smallest absolute Gasteiger partial charge is 0.204 e. The van der Waals surface area contributed by atoms with E-state index in [0.29, 0.717) is 12.4 Å². The zero-order valence-electron chi connectivity index (χ0n) is 10.5. The van der Waals surface area contributed by atoms with Crippen LogP contribution in [0, 0.1) is 5.82 Å². The number of aromatic nitrogens is 4. The molecule has 0 amide bonds. The molecule has 2 aromatic carbocycles. The van der Waals surface area contributed by atoms with Gasteiger partial charge >= 0.3 is 0 Å². The third kappa shape index (κ3) is 2.80. The van der Waals surface area contributed by atoms with Crippen molar-refractivity contribution < 1.29 is 4.39 Å². The molecular weight excluding hydrogens is 257 g/mol. The van der Waals surface area contributed by atoms with Crippen molar-refractivity contribution in [2.75, 3.05) is 5.32 Å². The molecule has 0 aliphatic heterocycles. The number of rotatable bonds is 4. The van der Waals surface area contributed by atoms with Gasteiger partial charge in [-0.05, 0) is 35.0 Å². The van der Waals surface area contributed by atoms with E-state index in [9.17, 15) is 4.39 Å². The van der Waals surface area contributed by atoms with Gasteiger partial charge in [-0.2, -0.15) is 5.21 Å². The van der Waals surface area contributed by atoms with E-state index in [0.717, 1.165) is 16.8 Å². The fourth-order valence-electron chi connectivity index (χ4n) is 1.90. The lowest BCUT2D eigenvalue weighted by atomic mass is 10.1. The Hall–Kier alpha value is -2.76. The Morgan fingerprint density at radius 3 is 2.80 bits per heavy atom. The Bertz CT molecular complexity index is 696. The summed E-state index contributed by atoms with van der Waals surface area (Å²) in [6.07, 6.45) is 0. The number of hydrogen-bond acceptors (Lipinski definition) is 4. The third-order valence-corrected chi connectivity index (χ3v) is 2.85. The molecule has 0 spiro atoms. The molecule has 100 valence electrons. The minimum Gasteiger partial charge on any atom is -0.381 e. The van der Waals surface area contributed by atoms with Crippen LogP contribution in [0.5, 0.6) is 0 Å². The third-order valence-electron chi connectivity index (χ3n) is 2.85. The second kappa shape index (κ2) is 5.48. The van der Waals surface area contributed by atoms with E-state index in [1.165, 1.54) is 12.1 Å². The summed E-state index contributed by atoms with van der Waals surface area (Å²) in [7, 11) is 0. The SMILES string of the molecule is Fc1cccc(CNc2cccc(-c3nn[nH]n3)c2)c1. The average molecular weight is 269 g/mol. The predicted molar refractivity (Wildman–Crippen MR) is 73.3 cm³/mol. The lowest BCUT2D eigenvalue weighted by molar-refractivity contribution is 0.626. The molecule has 0 saturated carbocycles. The minimum absolute atomic E-state index is 0.232. The summed E-state index contributed by atoms with van der Waals surface area (Å²) in [4.78, 5) is 0. The lowest BCUT2D eigenvalue weighted by Crippen LogP contribution is -1.99. The van der Waals surface area contributed by atoms with Crippen molar-refractivity contribution in [3.8, 4) is 11.4 Å². The van der Waals surface area contributed by atoms with Crippen LogP contribution in [0.25, 0.3) is 11.4 Å². The summed E-state index contributed by atoms with van der Waals surface area (Å²) in [5, 5.41) is 17.1. The highest BCUT2D eigenvalue weighted by atomic mass is 19.1. The maximum absolute atomic E-state index is 13.1. The maximum Gasteiger partial charge on any atom is 0.204 e. The summed E-state index contributed by atoms with van der Waals surface area (Å²) in [5.41, 5.74) is 2.66. The summed E-state index contributed by atoms with van der Waals surface area (Å²) in [5.74, 6) is 0.309. The Balaban J connectivity index is 1.73. The number of nitrogens with zero attached hydrogens (tertiary/aromatic N) is 3. The van der Waals surface area contributed by atoms with Gasteiger partial charge in [-0.25, -0.2) is 4.39 Å². The number of halogens is 1. The van der Waals surface area contributed by atoms with Crippen LogP contribution in [0.1, 0.15) is 5.56 Å². The Labute approximate surface area is 114 Å². The van der Waals surface area contributed by atoms with Gasteiger partial charge in [-0.3, -0.25) is 0 Å². The highest BCUT2D eigenvalue weighted by molar-refractivity contribution is 5.61. The van der Waals surface area contributed by atoms with Gasteiger partial charge in [-0.1, -0.05) is 24.3 Å². The molecule has 5 nitrogen and oxygen atoms in total. The average Bonchev–Trinajstić information content (AvgIpc) is 3.00. The van der Waals surface area contributed by atoms with Gasteiger partial charge in [0.25, 0.3) is 0 Å². The first-order chi connectivity index (χ1) is 9.81. The molecule has 1 heterocycles. The fourth-order valence-corrected chi connectivity index (χ4v) is 1.90. The number of nitrogens with one attached hydrogen (secondary N) is 2. The number of aromatic amines is 1. The summed E-state index contributed by atoms with van der Waals surface area (Å²) in [6, 6.07) is 14.2. The number of anilines is 1. The van der Waals surface area contributed by atoms with Crippen LogP contribution in [-0.2, 0) is 6.54 Å². The van der Waals surface area contributed by atoms with Crippen molar-refractivity contribution in [3.63, 3.8) is 0 Å². The zero-order chi connectivity index (χ0) is 13.8. The standard InChI is InChI=1S/C14H12FN5/c15-12-5-1-3-10(7-12)9-16-13-6-2-4-11(8-13)14-17-19-20-18-14/h1-8,16H,9H2,(H,17,18,19,20). The molecule has 20 heavy (non-hydrogen) atoms. The van der Waals surface area contributed by atoms with E-state index < -0.39 is 0 Å². The van der Waals surface area contributed by atoms with Crippen molar-refractivity contribution in [2.45, 2.75) is 6.54 Å². The van der Waals surface area contributed by atoms with Gasteiger partial charge in [0, 0.05) is 17.8 Å². The van der Waals surface area contributed by atoms with Crippen LogP contribution in [-0.4, -0.2) is 20.6 Å². The molecule has 0 aliphatic carbocycles. The maximum atomic E-state index is 13.1. The van der Waals surface area contributed by atoms with Crippen LogP contribution < -0.4 is 5.32 Å². The van der Waals surface area contributed by atoms with Crippen LogP contribution in [0.2, 0.25) is 0 Å². The van der Waals surface area contributed by atoms with E-state index in [-0.39, 0.29) is 5.82 Å². The highest BCUT2D eigenvalue weighted by Crippen LogP contribution is 2.18. The number of benzene rings is 2. The van der Waals surface area contributed by atoms with E-state index in [4.69, 9.17) is 0 Å².